The molecule has 0 aliphatic heterocycles. The van der Waals surface area contributed by atoms with E-state index in [9.17, 15) is 9.59 Å². The molecule has 0 aromatic rings. The Morgan fingerprint density at radius 3 is 2.33 bits per heavy atom. The Morgan fingerprint density at radius 1 is 1.22 bits per heavy atom. The van der Waals surface area contributed by atoms with Crippen LogP contribution in [0.5, 0.6) is 0 Å². The molecule has 0 saturated heterocycles. The van der Waals surface area contributed by atoms with Crippen LogP contribution in [0.3, 0.4) is 0 Å². The average molecular weight is 264 g/mol. The summed E-state index contributed by atoms with van der Waals surface area (Å²) >= 11 is 0. The normalized spacial score (nSPS) is 14.1. The molecule has 0 aliphatic rings. The van der Waals surface area contributed by atoms with Crippen LogP contribution in [0.15, 0.2) is 0 Å². The first kappa shape index (κ1) is 16.8. The zero-order valence-electron chi connectivity index (χ0n) is 10.6. The summed E-state index contributed by atoms with van der Waals surface area (Å²) < 4.78 is 15.0. The van der Waals surface area contributed by atoms with Crippen molar-refractivity contribution in [2.75, 3.05) is 27.1 Å². The van der Waals surface area contributed by atoms with E-state index in [2.05, 4.69) is 0 Å². The highest BCUT2D eigenvalue weighted by Crippen LogP contribution is 2.16. The van der Waals surface area contributed by atoms with Gasteiger partial charge >= 0.3 is 11.9 Å². The summed E-state index contributed by atoms with van der Waals surface area (Å²) in [6, 6.07) is 0. The minimum atomic E-state index is -1.10. The van der Waals surface area contributed by atoms with Gasteiger partial charge in [-0.3, -0.25) is 9.59 Å². The van der Waals surface area contributed by atoms with Gasteiger partial charge in [-0.2, -0.15) is 0 Å². The van der Waals surface area contributed by atoms with Crippen LogP contribution in [-0.2, 0) is 23.8 Å². The molecule has 1 unspecified atom stereocenters. The first-order chi connectivity index (χ1) is 8.52. The number of hydrogen-bond donors (Lipinski definition) is 2. The molecular weight excluding hydrogens is 244 g/mol. The Hall–Kier alpha value is -1.18. The number of carboxylic acid groups (broad SMARTS) is 2. The molecule has 0 aromatic carbocycles. The predicted octanol–water partition coefficient (Wildman–Crippen LogP) is 0.578. The molecular formula is C11H20O7. The van der Waals surface area contributed by atoms with E-state index >= 15 is 0 Å². The molecule has 7 heteroatoms. The molecule has 0 rings (SSSR count). The van der Waals surface area contributed by atoms with Crippen molar-refractivity contribution in [1.82, 2.24) is 0 Å². The molecule has 0 saturated carbocycles. The van der Waals surface area contributed by atoms with Crippen molar-refractivity contribution in [3.8, 4) is 0 Å². The van der Waals surface area contributed by atoms with Crippen LogP contribution >= 0.6 is 0 Å². The monoisotopic (exact) mass is 264 g/mol. The van der Waals surface area contributed by atoms with Gasteiger partial charge in [0.25, 0.3) is 0 Å². The van der Waals surface area contributed by atoms with E-state index in [0.29, 0.717) is 19.6 Å². The number of aliphatic carboxylic acids is 2. The minimum Gasteiger partial charge on any atom is -0.481 e. The van der Waals surface area contributed by atoms with Gasteiger partial charge < -0.3 is 24.4 Å². The summed E-state index contributed by atoms with van der Waals surface area (Å²) in [6.07, 6.45) is -0.961. The third kappa shape index (κ3) is 7.21. The van der Waals surface area contributed by atoms with E-state index in [1.54, 1.807) is 6.92 Å². The lowest BCUT2D eigenvalue weighted by molar-refractivity contribution is -0.161. The highest BCUT2D eigenvalue weighted by atomic mass is 16.7. The lowest BCUT2D eigenvalue weighted by Gasteiger charge is -2.21. The number of rotatable bonds is 11. The number of methoxy groups -OCH3 is 1. The van der Waals surface area contributed by atoms with E-state index in [1.807, 2.05) is 0 Å². The second-order valence-corrected chi connectivity index (χ2v) is 3.67. The van der Waals surface area contributed by atoms with Crippen molar-refractivity contribution >= 4 is 11.9 Å². The Morgan fingerprint density at radius 2 is 1.89 bits per heavy atom. The van der Waals surface area contributed by atoms with Gasteiger partial charge in [-0.05, 0) is 6.42 Å². The van der Waals surface area contributed by atoms with E-state index in [4.69, 9.17) is 24.4 Å². The topological polar surface area (TPSA) is 102 Å². The zero-order chi connectivity index (χ0) is 14.0. The Balaban J connectivity index is 4.21. The predicted molar refractivity (Wildman–Crippen MR) is 61.2 cm³/mol. The lowest BCUT2D eigenvalue weighted by Crippen LogP contribution is -2.33. The Bertz CT molecular complexity index is 254. The first-order valence-corrected chi connectivity index (χ1v) is 5.65. The summed E-state index contributed by atoms with van der Waals surface area (Å²) in [4.78, 5) is 21.6. The highest BCUT2D eigenvalue weighted by Gasteiger charge is 2.29. The lowest BCUT2D eigenvalue weighted by atomic mass is 9.97. The van der Waals surface area contributed by atoms with Crippen molar-refractivity contribution in [1.29, 1.82) is 0 Å². The summed E-state index contributed by atoms with van der Waals surface area (Å²) in [5, 5.41) is 17.7. The fraction of sp³-hybridized carbons (Fsp3) is 0.818. The van der Waals surface area contributed by atoms with Crippen molar-refractivity contribution in [2.24, 2.45) is 5.92 Å². The van der Waals surface area contributed by atoms with Crippen LogP contribution in [0.25, 0.3) is 0 Å². The molecule has 7 nitrogen and oxygen atoms in total. The van der Waals surface area contributed by atoms with Crippen LogP contribution in [-0.4, -0.2) is 55.4 Å². The van der Waals surface area contributed by atoms with Crippen molar-refractivity contribution < 1.29 is 34.0 Å². The first-order valence-electron chi connectivity index (χ1n) is 5.65. The van der Waals surface area contributed by atoms with Gasteiger partial charge in [-0.15, -0.1) is 0 Å². The molecule has 18 heavy (non-hydrogen) atoms. The molecule has 0 bridgehead atoms. The second kappa shape index (κ2) is 9.81. The molecule has 0 fully saturated rings. The molecule has 2 N–H and O–H groups in total. The summed E-state index contributed by atoms with van der Waals surface area (Å²) in [7, 11) is 1.52. The second-order valence-electron chi connectivity index (χ2n) is 3.67. The van der Waals surface area contributed by atoms with Gasteiger partial charge in [0.15, 0.2) is 0 Å². The van der Waals surface area contributed by atoms with Crippen LogP contribution in [0.1, 0.15) is 19.8 Å². The highest BCUT2D eigenvalue weighted by molar-refractivity contribution is 5.73. The summed E-state index contributed by atoms with van der Waals surface area (Å²) in [6.45, 7) is 2.22. The number of ether oxygens (including phenoxy) is 3. The number of hydrogen-bond acceptors (Lipinski definition) is 5. The third-order valence-electron chi connectivity index (χ3n) is 2.38. The number of carbonyl (C=O) groups is 2. The summed E-state index contributed by atoms with van der Waals surface area (Å²) in [5.74, 6) is -3.02. The third-order valence-corrected chi connectivity index (χ3v) is 2.38. The molecule has 0 radical (unpaired) electrons. The van der Waals surface area contributed by atoms with Crippen molar-refractivity contribution in [3.05, 3.63) is 0 Å². The van der Waals surface area contributed by atoms with E-state index in [-0.39, 0.29) is 13.2 Å². The van der Waals surface area contributed by atoms with E-state index in [0.717, 1.165) is 0 Å². The maximum atomic E-state index is 11.0. The zero-order valence-corrected chi connectivity index (χ0v) is 10.6. The number of carboxylic acids is 2. The molecule has 0 aliphatic carbocycles. The van der Waals surface area contributed by atoms with Crippen LogP contribution < -0.4 is 0 Å². The van der Waals surface area contributed by atoms with Gasteiger partial charge in [-0.25, -0.2) is 0 Å². The smallest absolute Gasteiger partial charge is 0.309 e. The van der Waals surface area contributed by atoms with Crippen LogP contribution in [0.4, 0.5) is 0 Å². The van der Waals surface area contributed by atoms with Crippen molar-refractivity contribution in [2.45, 2.75) is 25.9 Å². The van der Waals surface area contributed by atoms with Crippen LogP contribution in [0, 0.1) is 5.92 Å². The molecule has 0 amide bonds. The fourth-order valence-corrected chi connectivity index (χ4v) is 1.42. The minimum absolute atomic E-state index is 0.148. The molecule has 0 heterocycles. The van der Waals surface area contributed by atoms with Gasteiger partial charge in [0, 0.05) is 7.11 Å². The Labute approximate surface area is 106 Å². The van der Waals surface area contributed by atoms with Gasteiger partial charge in [0.1, 0.15) is 6.79 Å². The quantitative estimate of drug-likeness (QED) is 0.415. The van der Waals surface area contributed by atoms with Gasteiger partial charge in [0.05, 0.1) is 31.7 Å². The van der Waals surface area contributed by atoms with Gasteiger partial charge in [0.2, 0.25) is 0 Å². The standard InChI is InChI=1S/C11H20O7/c1-3-8(11(14)15)9(6-10(12)13)18-7-17-5-4-16-2/h8-9H,3-7H2,1-2H3,(H,12,13)(H,14,15)/t8?,9-/m0/s1. The maximum Gasteiger partial charge on any atom is 0.309 e. The average Bonchev–Trinajstić information content (AvgIpc) is 2.28. The Kier molecular flexibility index (Phi) is 9.17. The SMILES string of the molecule is CCC(C(=O)O)[C@H](CC(=O)O)OCOCCOC. The molecule has 2 atom stereocenters. The van der Waals surface area contributed by atoms with E-state index < -0.39 is 24.0 Å². The molecule has 0 aromatic heterocycles. The van der Waals surface area contributed by atoms with Gasteiger partial charge in [-0.1, -0.05) is 6.92 Å². The maximum absolute atomic E-state index is 11.0. The largest absolute Gasteiger partial charge is 0.481 e. The van der Waals surface area contributed by atoms with Crippen LogP contribution in [0.2, 0.25) is 0 Å². The van der Waals surface area contributed by atoms with E-state index in [1.165, 1.54) is 7.11 Å². The molecule has 106 valence electrons. The van der Waals surface area contributed by atoms with Crippen molar-refractivity contribution in [3.63, 3.8) is 0 Å². The fourth-order valence-electron chi connectivity index (χ4n) is 1.42. The summed E-state index contributed by atoms with van der Waals surface area (Å²) in [5.41, 5.74) is 0. The molecule has 0 spiro atoms.